The molecule has 1 heterocycles. The quantitative estimate of drug-likeness (QED) is 0.885. The predicted molar refractivity (Wildman–Crippen MR) is 71.3 cm³/mol. The van der Waals surface area contributed by atoms with E-state index in [0.29, 0.717) is 0 Å². The lowest BCUT2D eigenvalue weighted by Gasteiger charge is -2.06. The van der Waals surface area contributed by atoms with Gasteiger partial charge in [-0.1, -0.05) is 31.5 Å². The molecule has 0 unspecified atom stereocenters. The highest BCUT2D eigenvalue weighted by atomic mass is 16.4. The number of carbonyl (C=O) groups is 1. The van der Waals surface area contributed by atoms with Crippen LogP contribution in [-0.2, 0) is 0 Å². The van der Waals surface area contributed by atoms with Crippen molar-refractivity contribution >= 4 is 5.97 Å². The van der Waals surface area contributed by atoms with Gasteiger partial charge in [-0.15, -0.1) is 0 Å². The molecule has 0 spiro atoms. The Morgan fingerprint density at radius 2 is 1.94 bits per heavy atom. The number of benzene rings is 1. The van der Waals surface area contributed by atoms with Gasteiger partial charge < -0.3 is 5.11 Å². The molecule has 1 aromatic heterocycles. The molecule has 0 amide bonds. The fourth-order valence-corrected chi connectivity index (χ4v) is 1.63. The number of aryl methyl sites for hydroxylation is 2. The highest BCUT2D eigenvalue weighted by Crippen LogP contribution is 2.15. The maximum absolute atomic E-state index is 10.7. The minimum absolute atomic E-state index is 0.194. The van der Waals surface area contributed by atoms with Gasteiger partial charge in [0.15, 0.2) is 0 Å². The molecule has 0 radical (unpaired) electrons. The molecular formula is C14H18N2O2. The standard InChI is InChI=1S/C12H12N2O2.C2H6/c1-8-3-4-11(9(2)5-8)14-7-10(6-13-14)12(15)16;1-2/h3-7H,1-2H3,(H,15,16);1-2H3. The summed E-state index contributed by atoms with van der Waals surface area (Å²) in [5, 5.41) is 12.8. The van der Waals surface area contributed by atoms with Crippen molar-refractivity contribution in [1.29, 1.82) is 0 Å². The Morgan fingerprint density at radius 1 is 1.28 bits per heavy atom. The maximum Gasteiger partial charge on any atom is 0.338 e. The van der Waals surface area contributed by atoms with Gasteiger partial charge in [-0.2, -0.15) is 5.10 Å². The number of aromatic nitrogens is 2. The molecule has 0 aliphatic heterocycles. The van der Waals surface area contributed by atoms with Gasteiger partial charge in [-0.3, -0.25) is 0 Å². The second-order valence-corrected chi connectivity index (χ2v) is 3.77. The molecule has 2 rings (SSSR count). The molecule has 96 valence electrons. The van der Waals surface area contributed by atoms with Crippen LogP contribution in [-0.4, -0.2) is 20.9 Å². The second-order valence-electron chi connectivity index (χ2n) is 3.77. The number of nitrogens with zero attached hydrogens (tertiary/aromatic N) is 2. The van der Waals surface area contributed by atoms with Gasteiger partial charge in [0, 0.05) is 6.20 Å². The van der Waals surface area contributed by atoms with Crippen molar-refractivity contribution in [3.05, 3.63) is 47.3 Å². The van der Waals surface area contributed by atoms with Crippen LogP contribution >= 0.6 is 0 Å². The molecule has 1 aromatic carbocycles. The zero-order valence-electron chi connectivity index (χ0n) is 11.1. The third-order valence-electron chi connectivity index (χ3n) is 2.43. The van der Waals surface area contributed by atoms with Gasteiger partial charge in [-0.25, -0.2) is 9.48 Å². The van der Waals surface area contributed by atoms with Gasteiger partial charge in [-0.05, 0) is 25.5 Å². The average molecular weight is 246 g/mol. The topological polar surface area (TPSA) is 55.1 Å². The van der Waals surface area contributed by atoms with E-state index in [-0.39, 0.29) is 5.56 Å². The number of hydrogen-bond donors (Lipinski definition) is 1. The maximum atomic E-state index is 10.7. The largest absolute Gasteiger partial charge is 0.478 e. The first-order valence-corrected chi connectivity index (χ1v) is 5.93. The molecule has 18 heavy (non-hydrogen) atoms. The summed E-state index contributed by atoms with van der Waals surface area (Å²) in [5.74, 6) is -0.962. The number of rotatable bonds is 2. The Kier molecular flexibility index (Phi) is 4.66. The number of hydrogen-bond acceptors (Lipinski definition) is 2. The van der Waals surface area contributed by atoms with Crippen LogP contribution in [0.5, 0.6) is 0 Å². The van der Waals surface area contributed by atoms with Crippen LogP contribution in [0.15, 0.2) is 30.6 Å². The predicted octanol–water partition coefficient (Wildman–Crippen LogP) is 3.21. The lowest BCUT2D eigenvalue weighted by atomic mass is 10.1. The van der Waals surface area contributed by atoms with E-state index in [0.717, 1.165) is 11.3 Å². The Bertz CT molecular complexity index is 544. The van der Waals surface area contributed by atoms with Gasteiger partial charge in [0.2, 0.25) is 0 Å². The highest BCUT2D eigenvalue weighted by molar-refractivity contribution is 5.87. The minimum atomic E-state index is -0.962. The van der Waals surface area contributed by atoms with Gasteiger partial charge >= 0.3 is 5.97 Å². The van der Waals surface area contributed by atoms with Crippen molar-refractivity contribution in [3.8, 4) is 5.69 Å². The molecule has 0 bridgehead atoms. The van der Waals surface area contributed by atoms with Crippen molar-refractivity contribution in [2.24, 2.45) is 0 Å². The van der Waals surface area contributed by atoms with Crippen molar-refractivity contribution in [3.63, 3.8) is 0 Å². The molecule has 2 aromatic rings. The van der Waals surface area contributed by atoms with E-state index in [2.05, 4.69) is 5.10 Å². The molecule has 0 fully saturated rings. The summed E-state index contributed by atoms with van der Waals surface area (Å²) in [6.07, 6.45) is 2.86. The van der Waals surface area contributed by atoms with Crippen molar-refractivity contribution in [2.45, 2.75) is 27.7 Å². The smallest absolute Gasteiger partial charge is 0.338 e. The Morgan fingerprint density at radius 3 is 2.44 bits per heavy atom. The average Bonchev–Trinajstić information content (AvgIpc) is 2.81. The van der Waals surface area contributed by atoms with Crippen LogP contribution in [0.4, 0.5) is 0 Å². The molecule has 0 aliphatic rings. The molecule has 1 N–H and O–H groups in total. The fraction of sp³-hybridized carbons (Fsp3) is 0.286. The third-order valence-corrected chi connectivity index (χ3v) is 2.43. The van der Waals surface area contributed by atoms with Gasteiger partial charge in [0.25, 0.3) is 0 Å². The molecule has 0 saturated carbocycles. The molecule has 4 nitrogen and oxygen atoms in total. The zero-order chi connectivity index (χ0) is 13.7. The van der Waals surface area contributed by atoms with Crippen LogP contribution in [0.3, 0.4) is 0 Å². The zero-order valence-corrected chi connectivity index (χ0v) is 11.1. The second kappa shape index (κ2) is 6.00. The van der Waals surface area contributed by atoms with Crippen LogP contribution < -0.4 is 0 Å². The van der Waals surface area contributed by atoms with Gasteiger partial charge in [0.1, 0.15) is 0 Å². The first kappa shape index (κ1) is 14.0. The fourth-order valence-electron chi connectivity index (χ4n) is 1.63. The summed E-state index contributed by atoms with van der Waals surface area (Å²) >= 11 is 0. The van der Waals surface area contributed by atoms with E-state index in [4.69, 9.17) is 5.11 Å². The SMILES string of the molecule is CC.Cc1ccc(-n2cc(C(=O)O)cn2)c(C)c1. The van der Waals surface area contributed by atoms with E-state index in [1.54, 1.807) is 4.68 Å². The number of carboxylic acids is 1. The van der Waals surface area contributed by atoms with Crippen LogP contribution in [0.1, 0.15) is 35.3 Å². The third kappa shape index (κ3) is 2.97. The molecule has 0 saturated heterocycles. The van der Waals surface area contributed by atoms with Crippen molar-refractivity contribution in [2.75, 3.05) is 0 Å². The van der Waals surface area contributed by atoms with Crippen LogP contribution in [0.2, 0.25) is 0 Å². The lowest BCUT2D eigenvalue weighted by molar-refractivity contribution is 0.0697. The lowest BCUT2D eigenvalue weighted by Crippen LogP contribution is -1.98. The summed E-state index contributed by atoms with van der Waals surface area (Å²) in [7, 11) is 0. The van der Waals surface area contributed by atoms with E-state index < -0.39 is 5.97 Å². The van der Waals surface area contributed by atoms with Crippen LogP contribution in [0, 0.1) is 13.8 Å². The first-order chi connectivity index (χ1) is 8.58. The molecule has 4 heteroatoms. The Hall–Kier alpha value is -2.10. The number of carboxylic acid groups (broad SMARTS) is 1. The molecular weight excluding hydrogens is 228 g/mol. The number of aromatic carboxylic acids is 1. The van der Waals surface area contributed by atoms with E-state index in [9.17, 15) is 4.79 Å². The molecule has 0 aliphatic carbocycles. The Balaban J connectivity index is 0.000000771. The normalized spacial score (nSPS) is 9.56. The monoisotopic (exact) mass is 246 g/mol. The Labute approximate surface area is 107 Å². The van der Waals surface area contributed by atoms with E-state index in [1.165, 1.54) is 18.0 Å². The first-order valence-electron chi connectivity index (χ1n) is 5.93. The minimum Gasteiger partial charge on any atom is -0.478 e. The van der Waals surface area contributed by atoms with Crippen molar-refractivity contribution in [1.82, 2.24) is 9.78 Å². The van der Waals surface area contributed by atoms with Crippen molar-refractivity contribution < 1.29 is 9.90 Å². The summed E-state index contributed by atoms with van der Waals surface area (Å²) in [6, 6.07) is 5.95. The van der Waals surface area contributed by atoms with Crippen LogP contribution in [0.25, 0.3) is 5.69 Å². The highest BCUT2D eigenvalue weighted by Gasteiger charge is 2.08. The summed E-state index contributed by atoms with van der Waals surface area (Å²) in [5.41, 5.74) is 3.34. The summed E-state index contributed by atoms with van der Waals surface area (Å²) < 4.78 is 1.58. The molecule has 0 atom stereocenters. The summed E-state index contributed by atoms with van der Waals surface area (Å²) in [6.45, 7) is 7.99. The van der Waals surface area contributed by atoms with E-state index >= 15 is 0 Å². The van der Waals surface area contributed by atoms with E-state index in [1.807, 2.05) is 45.9 Å². The van der Waals surface area contributed by atoms with Gasteiger partial charge in [0.05, 0.1) is 17.4 Å². The summed E-state index contributed by atoms with van der Waals surface area (Å²) in [4.78, 5) is 10.7.